The Morgan fingerprint density at radius 3 is 2.54 bits per heavy atom. The molecule has 0 aliphatic rings. The number of nitrogens with two attached hydrogens (primary N) is 1. The Labute approximate surface area is 86.1 Å². The van der Waals surface area contributed by atoms with Crippen LogP contribution in [0.4, 0.5) is 5.69 Å². The normalized spacial score (nSPS) is 8.77. The number of hydrogen-bond donors (Lipinski definition) is 3. The van der Waals surface area contributed by atoms with E-state index in [1.54, 1.807) is 12.1 Å². The maximum atomic E-state index is 10.6. The van der Waals surface area contributed by atoms with Gasteiger partial charge in [-0.15, -0.1) is 12.4 Å². The molecule has 4 N–H and O–H groups in total. The van der Waals surface area contributed by atoms with Crippen LogP contribution in [0.15, 0.2) is 18.2 Å². The number of carboxylic acids is 1. The highest BCUT2D eigenvalue weighted by Crippen LogP contribution is 2.24. The molecule has 0 spiro atoms. The zero-order valence-electron chi connectivity index (χ0n) is 6.45. The van der Waals surface area contributed by atoms with Crippen LogP contribution < -0.4 is 11.3 Å². The number of hydrogen-bond acceptors (Lipinski definition) is 3. The van der Waals surface area contributed by atoms with Gasteiger partial charge in [0.15, 0.2) is 0 Å². The van der Waals surface area contributed by atoms with Crippen molar-refractivity contribution in [3.05, 3.63) is 28.8 Å². The molecule has 0 aliphatic heterocycles. The van der Waals surface area contributed by atoms with E-state index < -0.39 is 5.97 Å². The predicted octanol–water partition coefficient (Wildman–Crippen LogP) is 1.75. The van der Waals surface area contributed by atoms with Crippen LogP contribution in [0.5, 0.6) is 0 Å². The standard InChI is InChI=1S/C7H7ClN2O2.ClH/c8-5-3-1-2-4(7(11)12)6(5)10-9;/h1-3,10H,9H2,(H,11,12);1H. The fourth-order valence-corrected chi connectivity index (χ4v) is 1.08. The van der Waals surface area contributed by atoms with Gasteiger partial charge in [-0.25, -0.2) is 4.79 Å². The van der Waals surface area contributed by atoms with Gasteiger partial charge in [0.2, 0.25) is 0 Å². The number of nitrogen functional groups attached to an aromatic ring is 1. The first-order chi connectivity index (χ1) is 5.66. The molecule has 1 aromatic rings. The number of carbonyl (C=O) groups is 1. The molecule has 72 valence electrons. The number of nitrogens with one attached hydrogen (secondary N) is 1. The summed E-state index contributed by atoms with van der Waals surface area (Å²) >= 11 is 5.67. The molecule has 0 atom stereocenters. The first-order valence-corrected chi connectivity index (χ1v) is 3.53. The summed E-state index contributed by atoms with van der Waals surface area (Å²) in [6.45, 7) is 0. The van der Waals surface area contributed by atoms with Gasteiger partial charge in [0.25, 0.3) is 0 Å². The lowest BCUT2D eigenvalue weighted by Gasteiger charge is -2.05. The number of anilines is 1. The van der Waals surface area contributed by atoms with E-state index in [2.05, 4.69) is 5.43 Å². The first-order valence-electron chi connectivity index (χ1n) is 3.15. The van der Waals surface area contributed by atoms with Crippen molar-refractivity contribution in [3.63, 3.8) is 0 Å². The predicted molar refractivity (Wildman–Crippen MR) is 53.5 cm³/mol. The summed E-state index contributed by atoms with van der Waals surface area (Å²) in [5, 5.41) is 8.96. The van der Waals surface area contributed by atoms with Gasteiger partial charge in [-0.05, 0) is 12.1 Å². The third-order valence-corrected chi connectivity index (χ3v) is 1.70. The van der Waals surface area contributed by atoms with Gasteiger partial charge < -0.3 is 10.5 Å². The third kappa shape index (κ3) is 2.48. The lowest BCUT2D eigenvalue weighted by Crippen LogP contribution is -2.12. The summed E-state index contributed by atoms with van der Waals surface area (Å²) in [4.78, 5) is 10.6. The molecule has 0 unspecified atom stereocenters. The highest BCUT2D eigenvalue weighted by atomic mass is 35.5. The molecule has 0 aliphatic carbocycles. The Morgan fingerprint density at radius 1 is 1.54 bits per heavy atom. The Hall–Kier alpha value is -0.970. The molecule has 0 radical (unpaired) electrons. The Morgan fingerprint density at radius 2 is 2.15 bits per heavy atom. The number of halogens is 2. The van der Waals surface area contributed by atoms with Crippen LogP contribution >= 0.6 is 24.0 Å². The maximum Gasteiger partial charge on any atom is 0.337 e. The summed E-state index contributed by atoms with van der Waals surface area (Å²) < 4.78 is 0. The van der Waals surface area contributed by atoms with Crippen molar-refractivity contribution < 1.29 is 9.90 Å². The smallest absolute Gasteiger partial charge is 0.337 e. The molecular formula is C7H8Cl2N2O2. The van der Waals surface area contributed by atoms with Gasteiger partial charge in [0.05, 0.1) is 16.3 Å². The molecule has 1 rings (SSSR count). The van der Waals surface area contributed by atoms with Gasteiger partial charge >= 0.3 is 5.97 Å². The first kappa shape index (κ1) is 12.0. The molecule has 13 heavy (non-hydrogen) atoms. The SMILES string of the molecule is Cl.NNc1c(Cl)cccc1C(=O)O. The quantitative estimate of drug-likeness (QED) is 0.527. The number of benzene rings is 1. The van der Waals surface area contributed by atoms with Crippen molar-refractivity contribution >= 4 is 35.7 Å². The van der Waals surface area contributed by atoms with Crippen molar-refractivity contribution in [2.45, 2.75) is 0 Å². The van der Waals surface area contributed by atoms with Crippen molar-refractivity contribution in [1.82, 2.24) is 0 Å². The molecule has 1 aromatic carbocycles. The van der Waals surface area contributed by atoms with Crippen LogP contribution in [0.3, 0.4) is 0 Å². The highest BCUT2D eigenvalue weighted by Gasteiger charge is 2.10. The third-order valence-electron chi connectivity index (χ3n) is 1.39. The average Bonchev–Trinajstić information content (AvgIpc) is 2.03. The number of aromatic carboxylic acids is 1. The fraction of sp³-hybridized carbons (Fsp3) is 0. The van der Waals surface area contributed by atoms with Gasteiger partial charge in [-0.3, -0.25) is 5.84 Å². The van der Waals surface area contributed by atoms with Crippen LogP contribution in [0.1, 0.15) is 10.4 Å². The minimum absolute atomic E-state index is 0. The minimum Gasteiger partial charge on any atom is -0.478 e. The number of hydrazine groups is 1. The zero-order chi connectivity index (χ0) is 9.14. The van der Waals surface area contributed by atoms with E-state index in [4.69, 9.17) is 22.6 Å². The van der Waals surface area contributed by atoms with E-state index in [1.807, 2.05) is 0 Å². The highest BCUT2D eigenvalue weighted by molar-refractivity contribution is 6.34. The van der Waals surface area contributed by atoms with E-state index in [9.17, 15) is 4.79 Å². The van der Waals surface area contributed by atoms with E-state index in [0.29, 0.717) is 0 Å². The van der Waals surface area contributed by atoms with E-state index >= 15 is 0 Å². The topological polar surface area (TPSA) is 75.3 Å². The number of rotatable bonds is 2. The second-order valence-corrected chi connectivity index (χ2v) is 2.52. The molecule has 0 fully saturated rings. The van der Waals surface area contributed by atoms with E-state index in [-0.39, 0.29) is 28.7 Å². The fourth-order valence-electron chi connectivity index (χ4n) is 0.849. The Bertz CT molecular complexity index is 317. The molecule has 0 saturated heterocycles. The average molecular weight is 223 g/mol. The van der Waals surface area contributed by atoms with Crippen molar-refractivity contribution in [2.24, 2.45) is 5.84 Å². The minimum atomic E-state index is -1.06. The molecule has 0 amide bonds. The van der Waals surface area contributed by atoms with Crippen LogP contribution in [0.25, 0.3) is 0 Å². The van der Waals surface area contributed by atoms with Crippen LogP contribution in [-0.4, -0.2) is 11.1 Å². The molecule has 0 aromatic heterocycles. The second kappa shape index (κ2) is 4.91. The zero-order valence-corrected chi connectivity index (χ0v) is 8.02. The van der Waals surface area contributed by atoms with Crippen LogP contribution in [0.2, 0.25) is 5.02 Å². The number of carboxylic acid groups (broad SMARTS) is 1. The van der Waals surface area contributed by atoms with E-state index in [1.165, 1.54) is 6.07 Å². The maximum absolute atomic E-state index is 10.6. The molecular weight excluding hydrogens is 215 g/mol. The molecule has 0 saturated carbocycles. The summed E-state index contributed by atoms with van der Waals surface area (Å²) in [7, 11) is 0. The van der Waals surface area contributed by atoms with Gasteiger partial charge in [-0.2, -0.15) is 0 Å². The van der Waals surface area contributed by atoms with Crippen LogP contribution in [0, 0.1) is 0 Å². The monoisotopic (exact) mass is 222 g/mol. The van der Waals surface area contributed by atoms with Gasteiger partial charge in [0.1, 0.15) is 0 Å². The second-order valence-electron chi connectivity index (χ2n) is 2.11. The van der Waals surface area contributed by atoms with Crippen molar-refractivity contribution in [2.75, 3.05) is 5.43 Å². The molecule has 4 nitrogen and oxygen atoms in total. The Balaban J connectivity index is 0.00000144. The summed E-state index contributed by atoms with van der Waals surface area (Å²) in [5.74, 6) is 4.03. The lowest BCUT2D eigenvalue weighted by atomic mass is 10.2. The Kier molecular flexibility index (Phi) is 4.55. The van der Waals surface area contributed by atoms with Gasteiger partial charge in [-0.1, -0.05) is 17.7 Å². The molecule has 6 heteroatoms. The van der Waals surface area contributed by atoms with Gasteiger partial charge in [0, 0.05) is 0 Å². The van der Waals surface area contributed by atoms with E-state index in [0.717, 1.165) is 0 Å². The lowest BCUT2D eigenvalue weighted by molar-refractivity contribution is 0.0698. The largest absolute Gasteiger partial charge is 0.478 e. The number of para-hydroxylation sites is 1. The van der Waals surface area contributed by atoms with Crippen LogP contribution in [-0.2, 0) is 0 Å². The van der Waals surface area contributed by atoms with Crippen molar-refractivity contribution in [3.8, 4) is 0 Å². The summed E-state index contributed by atoms with van der Waals surface area (Å²) in [6.07, 6.45) is 0. The molecule has 0 bridgehead atoms. The van der Waals surface area contributed by atoms with Crippen molar-refractivity contribution in [1.29, 1.82) is 0 Å². The summed E-state index contributed by atoms with van der Waals surface area (Å²) in [5.41, 5.74) is 2.52. The summed E-state index contributed by atoms with van der Waals surface area (Å²) in [6, 6.07) is 4.53. The molecule has 0 heterocycles.